The zero-order chi connectivity index (χ0) is 25.1. The summed E-state index contributed by atoms with van der Waals surface area (Å²) in [5.74, 6) is -1.91. The molecule has 2 N–H and O–H groups in total. The van der Waals surface area contributed by atoms with Gasteiger partial charge in [-0.15, -0.1) is 5.10 Å². The highest BCUT2D eigenvalue weighted by Crippen LogP contribution is 2.29. The van der Waals surface area contributed by atoms with Crippen molar-refractivity contribution in [1.82, 2.24) is 14.8 Å². The number of methoxy groups -OCH3 is 1. The highest BCUT2D eigenvalue weighted by Gasteiger charge is 2.18. The molecule has 2 amide bonds. The number of benzene rings is 3. The van der Waals surface area contributed by atoms with Gasteiger partial charge in [-0.1, -0.05) is 11.6 Å². The van der Waals surface area contributed by atoms with E-state index in [1.54, 1.807) is 13.0 Å². The Morgan fingerprint density at radius 2 is 1.71 bits per heavy atom. The van der Waals surface area contributed by atoms with Crippen LogP contribution in [0.3, 0.4) is 0 Å². The molecule has 0 radical (unpaired) electrons. The third kappa shape index (κ3) is 5.28. The van der Waals surface area contributed by atoms with Crippen LogP contribution in [-0.2, 0) is 0 Å². The van der Waals surface area contributed by atoms with Gasteiger partial charge in [-0.3, -0.25) is 9.59 Å². The zero-order valence-corrected chi connectivity index (χ0v) is 19.2. The summed E-state index contributed by atoms with van der Waals surface area (Å²) < 4.78 is 34.0. The molecule has 4 aromatic rings. The molecule has 0 unspecified atom stereocenters. The zero-order valence-electron chi connectivity index (χ0n) is 18.5. The monoisotopic (exact) mass is 497 g/mol. The number of carbonyl (C=O) groups is 2. The third-order valence-corrected chi connectivity index (χ3v) is 5.16. The number of hydrogen-bond donors (Lipinski definition) is 2. The van der Waals surface area contributed by atoms with Crippen LogP contribution >= 0.6 is 11.6 Å². The van der Waals surface area contributed by atoms with Gasteiger partial charge in [0.1, 0.15) is 23.2 Å². The first-order chi connectivity index (χ1) is 16.7. The number of anilines is 2. The molecule has 0 atom stereocenters. The lowest BCUT2D eigenvalue weighted by atomic mass is 10.2. The van der Waals surface area contributed by atoms with Crippen LogP contribution in [0.5, 0.6) is 5.75 Å². The predicted octanol–water partition coefficient (Wildman–Crippen LogP) is 5.02. The molecule has 0 aliphatic heterocycles. The van der Waals surface area contributed by atoms with Crippen LogP contribution in [0.2, 0.25) is 5.02 Å². The number of aryl methyl sites for hydroxylation is 1. The SMILES string of the molecule is COc1ccc(NC(=O)c2nc(C)n(-c3ccc(F)cc3)n2)cc1NC(=O)c1ccc(Cl)cc1F. The molecule has 3 aromatic carbocycles. The van der Waals surface area contributed by atoms with E-state index in [-0.39, 0.29) is 22.1 Å². The summed E-state index contributed by atoms with van der Waals surface area (Å²) in [4.78, 5) is 29.5. The van der Waals surface area contributed by atoms with Gasteiger partial charge >= 0.3 is 0 Å². The van der Waals surface area contributed by atoms with Crippen LogP contribution in [-0.4, -0.2) is 33.7 Å². The molecule has 0 saturated carbocycles. The summed E-state index contributed by atoms with van der Waals surface area (Å²) in [7, 11) is 1.40. The minimum Gasteiger partial charge on any atom is -0.495 e. The fourth-order valence-corrected chi connectivity index (χ4v) is 3.41. The summed E-state index contributed by atoms with van der Waals surface area (Å²) in [5, 5.41) is 9.56. The fourth-order valence-electron chi connectivity index (χ4n) is 3.25. The van der Waals surface area contributed by atoms with Crippen LogP contribution in [0.1, 0.15) is 26.8 Å². The topological polar surface area (TPSA) is 98.1 Å². The van der Waals surface area contributed by atoms with Gasteiger partial charge in [-0.2, -0.15) is 0 Å². The molecule has 1 heterocycles. The molecular formula is C24H18ClF2N5O3. The van der Waals surface area contributed by atoms with Crippen molar-refractivity contribution >= 4 is 34.8 Å². The van der Waals surface area contributed by atoms with Crippen LogP contribution in [0.4, 0.5) is 20.2 Å². The number of hydrogen-bond acceptors (Lipinski definition) is 5. The summed E-state index contributed by atoms with van der Waals surface area (Å²) in [6.07, 6.45) is 0. The van der Waals surface area contributed by atoms with E-state index < -0.39 is 23.4 Å². The number of rotatable bonds is 6. The second-order valence-corrected chi connectivity index (χ2v) is 7.75. The Kier molecular flexibility index (Phi) is 6.74. The van der Waals surface area contributed by atoms with Gasteiger partial charge in [0.25, 0.3) is 11.8 Å². The Balaban J connectivity index is 1.54. The second-order valence-electron chi connectivity index (χ2n) is 7.32. The second kappa shape index (κ2) is 9.90. The number of nitrogens with one attached hydrogen (secondary N) is 2. The Bertz CT molecular complexity index is 1420. The smallest absolute Gasteiger partial charge is 0.295 e. The molecule has 4 rings (SSSR count). The quantitative estimate of drug-likeness (QED) is 0.390. The van der Waals surface area contributed by atoms with Gasteiger partial charge < -0.3 is 15.4 Å². The minimum atomic E-state index is -0.781. The number of nitrogens with zero attached hydrogens (tertiary/aromatic N) is 3. The Hall–Kier alpha value is -4.31. The highest BCUT2D eigenvalue weighted by atomic mass is 35.5. The van der Waals surface area contributed by atoms with Gasteiger partial charge in [0.05, 0.1) is 24.0 Å². The average molecular weight is 498 g/mol. The maximum atomic E-state index is 14.1. The van der Waals surface area contributed by atoms with Crippen molar-refractivity contribution in [3.8, 4) is 11.4 Å². The van der Waals surface area contributed by atoms with Gasteiger partial charge in [0.2, 0.25) is 5.82 Å². The molecule has 178 valence electrons. The minimum absolute atomic E-state index is 0.114. The molecule has 0 spiro atoms. The predicted molar refractivity (Wildman–Crippen MR) is 126 cm³/mol. The van der Waals surface area contributed by atoms with Crippen molar-refractivity contribution in [1.29, 1.82) is 0 Å². The van der Waals surface area contributed by atoms with Crippen molar-refractivity contribution < 1.29 is 23.1 Å². The Morgan fingerprint density at radius 3 is 2.40 bits per heavy atom. The highest BCUT2D eigenvalue weighted by molar-refractivity contribution is 6.30. The maximum absolute atomic E-state index is 14.1. The molecule has 0 fully saturated rings. The maximum Gasteiger partial charge on any atom is 0.295 e. The van der Waals surface area contributed by atoms with Crippen molar-refractivity contribution in [3.05, 3.63) is 94.5 Å². The summed E-state index contributed by atoms with van der Waals surface area (Å²) in [6.45, 7) is 1.66. The number of aromatic nitrogens is 3. The van der Waals surface area contributed by atoms with Crippen LogP contribution in [0.15, 0.2) is 60.7 Å². The lowest BCUT2D eigenvalue weighted by molar-refractivity contribution is 0.101. The van der Waals surface area contributed by atoms with Gasteiger partial charge in [0, 0.05) is 10.7 Å². The normalized spacial score (nSPS) is 10.7. The summed E-state index contributed by atoms with van der Waals surface area (Å²) in [6, 6.07) is 13.8. The lowest BCUT2D eigenvalue weighted by Crippen LogP contribution is -2.16. The number of amides is 2. The average Bonchev–Trinajstić information content (AvgIpc) is 3.21. The van der Waals surface area contributed by atoms with E-state index in [0.717, 1.165) is 6.07 Å². The first-order valence-corrected chi connectivity index (χ1v) is 10.6. The molecule has 1 aromatic heterocycles. The van der Waals surface area contributed by atoms with E-state index in [9.17, 15) is 18.4 Å². The van der Waals surface area contributed by atoms with Crippen molar-refractivity contribution in [2.24, 2.45) is 0 Å². The Morgan fingerprint density at radius 1 is 0.971 bits per heavy atom. The standard InChI is InChI=1S/C24H18ClF2N5O3/c1-13-28-22(31-32(13)17-7-4-15(26)5-8-17)24(34)29-16-6-10-21(35-2)20(12-16)30-23(33)18-9-3-14(25)11-19(18)27/h3-12H,1-2H3,(H,29,34)(H,30,33). The van der Waals surface area contributed by atoms with Crippen molar-refractivity contribution in [2.45, 2.75) is 6.92 Å². The first kappa shape index (κ1) is 23.8. The van der Waals surface area contributed by atoms with Crippen LogP contribution < -0.4 is 15.4 Å². The summed E-state index contributed by atoms with van der Waals surface area (Å²) >= 11 is 5.74. The van der Waals surface area contributed by atoms with Gasteiger partial charge in [-0.25, -0.2) is 18.4 Å². The van der Waals surface area contributed by atoms with Crippen LogP contribution in [0, 0.1) is 18.6 Å². The lowest BCUT2D eigenvalue weighted by Gasteiger charge is -2.13. The Labute approximate surface area is 203 Å². The molecule has 0 bridgehead atoms. The molecule has 0 saturated heterocycles. The van der Waals surface area contributed by atoms with E-state index >= 15 is 0 Å². The van der Waals surface area contributed by atoms with Crippen molar-refractivity contribution in [2.75, 3.05) is 17.7 Å². The third-order valence-electron chi connectivity index (χ3n) is 4.92. The number of halogens is 3. The van der Waals surface area contributed by atoms with E-state index in [4.69, 9.17) is 16.3 Å². The van der Waals surface area contributed by atoms with E-state index in [0.29, 0.717) is 22.9 Å². The fraction of sp³-hybridized carbons (Fsp3) is 0.0833. The van der Waals surface area contributed by atoms with Crippen LogP contribution in [0.25, 0.3) is 5.69 Å². The molecule has 0 aliphatic carbocycles. The van der Waals surface area contributed by atoms with E-state index in [2.05, 4.69) is 20.7 Å². The van der Waals surface area contributed by atoms with Gasteiger partial charge in [-0.05, 0) is 67.6 Å². The molecule has 35 heavy (non-hydrogen) atoms. The largest absolute Gasteiger partial charge is 0.495 e. The van der Waals surface area contributed by atoms with E-state index in [1.807, 2.05) is 0 Å². The number of ether oxygens (including phenoxy) is 1. The number of carbonyl (C=O) groups excluding carboxylic acids is 2. The summed E-state index contributed by atoms with van der Waals surface area (Å²) in [5.41, 5.74) is 0.834. The molecule has 11 heteroatoms. The van der Waals surface area contributed by atoms with Crippen molar-refractivity contribution in [3.63, 3.8) is 0 Å². The first-order valence-electron chi connectivity index (χ1n) is 10.2. The molecule has 8 nitrogen and oxygen atoms in total. The van der Waals surface area contributed by atoms with E-state index in [1.165, 1.54) is 60.3 Å². The van der Waals surface area contributed by atoms with Gasteiger partial charge in [0.15, 0.2) is 0 Å². The molecular weight excluding hydrogens is 480 g/mol. The molecule has 0 aliphatic rings.